The third-order valence-corrected chi connectivity index (χ3v) is 6.17. The van der Waals surface area contributed by atoms with Crippen LogP contribution in [0.15, 0.2) is 18.2 Å². The molecule has 1 aromatic carbocycles. The number of ether oxygens (including phenoxy) is 1. The predicted octanol–water partition coefficient (Wildman–Crippen LogP) is 5.02. The molecule has 2 aliphatic rings. The number of carbonyl (C=O) groups is 1. The fraction of sp³-hybridized carbons (Fsp3) is 0.524. The number of nitrogens with zero attached hydrogens (tertiary/aromatic N) is 3. The molecule has 1 fully saturated rings. The maximum atomic E-state index is 13.2. The number of carbonyl (C=O) groups excluding carboxylic acids is 1. The molecule has 0 N–H and O–H groups in total. The number of alkyl halides is 3. The lowest BCUT2D eigenvalue weighted by atomic mass is 10.0. The van der Waals surface area contributed by atoms with Gasteiger partial charge in [0.05, 0.1) is 28.4 Å². The largest absolute Gasteiger partial charge is 0.417 e. The maximum Gasteiger partial charge on any atom is 0.417 e. The van der Waals surface area contributed by atoms with E-state index in [1.165, 1.54) is 17.0 Å². The van der Waals surface area contributed by atoms with Crippen LogP contribution in [-0.4, -0.2) is 33.7 Å². The van der Waals surface area contributed by atoms with Crippen LogP contribution >= 0.6 is 11.6 Å². The molecule has 0 saturated carbocycles. The number of amides is 1. The van der Waals surface area contributed by atoms with Crippen molar-refractivity contribution in [2.24, 2.45) is 0 Å². The van der Waals surface area contributed by atoms with Crippen molar-refractivity contribution in [3.8, 4) is 0 Å². The first kappa shape index (κ1) is 21.2. The molecule has 1 amide bonds. The van der Waals surface area contributed by atoms with Gasteiger partial charge in [0, 0.05) is 24.4 Å². The molecule has 0 bridgehead atoms. The molecule has 2 aromatic rings. The molecular weight excluding hydrogens is 419 g/mol. The third-order valence-electron chi connectivity index (χ3n) is 5.76. The lowest BCUT2D eigenvalue weighted by Gasteiger charge is -2.27. The van der Waals surface area contributed by atoms with Crippen molar-refractivity contribution in [2.45, 2.75) is 58.0 Å². The molecule has 0 aliphatic carbocycles. The SMILES string of the molecule is CCc1c2c(nn1C1CCCCO1)CN(C(=O)c1cccc(C(F)(F)F)c1Cl)CC2. The van der Waals surface area contributed by atoms with E-state index in [2.05, 4.69) is 6.92 Å². The summed E-state index contributed by atoms with van der Waals surface area (Å²) in [5.41, 5.74) is 1.87. The fourth-order valence-corrected chi connectivity index (χ4v) is 4.58. The van der Waals surface area contributed by atoms with E-state index in [1.54, 1.807) is 0 Å². The topological polar surface area (TPSA) is 47.4 Å². The minimum absolute atomic E-state index is 0.0960. The highest BCUT2D eigenvalue weighted by atomic mass is 35.5. The Hall–Kier alpha value is -2.06. The summed E-state index contributed by atoms with van der Waals surface area (Å²) in [6.45, 7) is 3.42. The molecule has 9 heteroatoms. The molecule has 1 unspecified atom stereocenters. The second kappa shape index (κ2) is 8.23. The summed E-state index contributed by atoms with van der Waals surface area (Å²) < 4.78 is 47.3. The Morgan fingerprint density at radius 2 is 2.13 bits per heavy atom. The number of hydrogen-bond donors (Lipinski definition) is 0. The minimum atomic E-state index is -4.61. The van der Waals surface area contributed by atoms with Crippen molar-refractivity contribution in [1.82, 2.24) is 14.7 Å². The highest BCUT2D eigenvalue weighted by molar-refractivity contribution is 6.34. The molecule has 3 heterocycles. The summed E-state index contributed by atoms with van der Waals surface area (Å²) in [5.74, 6) is -0.515. The molecule has 1 atom stereocenters. The molecule has 0 spiro atoms. The Morgan fingerprint density at radius 3 is 2.80 bits per heavy atom. The predicted molar refractivity (Wildman–Crippen MR) is 105 cm³/mol. The van der Waals surface area contributed by atoms with Crippen molar-refractivity contribution in [2.75, 3.05) is 13.2 Å². The van der Waals surface area contributed by atoms with Crippen molar-refractivity contribution < 1.29 is 22.7 Å². The number of benzene rings is 1. The van der Waals surface area contributed by atoms with Crippen molar-refractivity contribution >= 4 is 17.5 Å². The van der Waals surface area contributed by atoms with E-state index in [1.807, 2.05) is 4.68 Å². The van der Waals surface area contributed by atoms with Gasteiger partial charge in [0.15, 0.2) is 0 Å². The van der Waals surface area contributed by atoms with E-state index in [0.29, 0.717) is 19.6 Å². The van der Waals surface area contributed by atoms with Gasteiger partial charge in [0.25, 0.3) is 5.91 Å². The van der Waals surface area contributed by atoms with E-state index in [-0.39, 0.29) is 18.3 Å². The maximum absolute atomic E-state index is 13.2. The van der Waals surface area contributed by atoms with Crippen LogP contribution in [0.4, 0.5) is 13.2 Å². The smallest absolute Gasteiger partial charge is 0.357 e. The fourth-order valence-electron chi connectivity index (χ4n) is 4.27. The molecule has 30 heavy (non-hydrogen) atoms. The van der Waals surface area contributed by atoms with Gasteiger partial charge in [-0.3, -0.25) is 4.79 Å². The van der Waals surface area contributed by atoms with Crippen LogP contribution in [-0.2, 0) is 30.3 Å². The molecule has 1 aromatic heterocycles. The van der Waals surface area contributed by atoms with Gasteiger partial charge < -0.3 is 9.64 Å². The van der Waals surface area contributed by atoms with Crippen LogP contribution in [0.25, 0.3) is 0 Å². The Balaban J connectivity index is 1.60. The van der Waals surface area contributed by atoms with Crippen molar-refractivity contribution in [3.63, 3.8) is 0 Å². The van der Waals surface area contributed by atoms with Crippen LogP contribution in [0.5, 0.6) is 0 Å². The van der Waals surface area contributed by atoms with E-state index in [0.717, 1.165) is 48.7 Å². The van der Waals surface area contributed by atoms with Gasteiger partial charge in [0.1, 0.15) is 6.23 Å². The third kappa shape index (κ3) is 3.83. The molecule has 1 saturated heterocycles. The lowest BCUT2D eigenvalue weighted by Crippen LogP contribution is -2.36. The molecule has 0 radical (unpaired) electrons. The number of fused-ring (bicyclic) bond motifs is 1. The lowest BCUT2D eigenvalue weighted by molar-refractivity contribution is -0.137. The highest BCUT2D eigenvalue weighted by Crippen LogP contribution is 2.37. The Labute approximate surface area is 177 Å². The monoisotopic (exact) mass is 441 g/mol. The van der Waals surface area contributed by atoms with Gasteiger partial charge in [-0.15, -0.1) is 0 Å². The van der Waals surface area contributed by atoms with Gasteiger partial charge >= 0.3 is 6.18 Å². The normalized spacial score (nSPS) is 19.6. The van der Waals surface area contributed by atoms with E-state index in [4.69, 9.17) is 21.4 Å². The molecule has 2 aliphatic heterocycles. The van der Waals surface area contributed by atoms with Crippen molar-refractivity contribution in [1.29, 1.82) is 0 Å². The number of rotatable bonds is 3. The zero-order chi connectivity index (χ0) is 21.5. The summed E-state index contributed by atoms with van der Waals surface area (Å²) in [6, 6.07) is 3.43. The van der Waals surface area contributed by atoms with Crippen molar-refractivity contribution in [3.05, 3.63) is 51.3 Å². The van der Waals surface area contributed by atoms with Gasteiger partial charge in [-0.25, -0.2) is 4.68 Å². The molecule has 5 nitrogen and oxygen atoms in total. The van der Waals surface area contributed by atoms with Gasteiger partial charge in [0.2, 0.25) is 0 Å². The van der Waals surface area contributed by atoms with Crippen LogP contribution < -0.4 is 0 Å². The summed E-state index contributed by atoms with van der Waals surface area (Å²) in [6.07, 6.45) is -0.284. The summed E-state index contributed by atoms with van der Waals surface area (Å²) in [5, 5.41) is 4.18. The second-order valence-corrected chi connectivity index (χ2v) is 8.01. The minimum Gasteiger partial charge on any atom is -0.357 e. The van der Waals surface area contributed by atoms with E-state index in [9.17, 15) is 18.0 Å². The quantitative estimate of drug-likeness (QED) is 0.672. The van der Waals surface area contributed by atoms with Gasteiger partial charge in [-0.05, 0) is 44.2 Å². The zero-order valence-corrected chi connectivity index (χ0v) is 17.4. The summed E-state index contributed by atoms with van der Waals surface area (Å²) in [4.78, 5) is 14.5. The molecule has 162 valence electrons. The first-order chi connectivity index (χ1) is 14.3. The first-order valence-corrected chi connectivity index (χ1v) is 10.5. The Bertz CT molecular complexity index is 952. The van der Waals surface area contributed by atoms with Crippen LogP contribution in [0.2, 0.25) is 5.02 Å². The average molecular weight is 442 g/mol. The zero-order valence-electron chi connectivity index (χ0n) is 16.6. The number of hydrogen-bond acceptors (Lipinski definition) is 3. The number of halogens is 4. The van der Waals surface area contributed by atoms with Crippen LogP contribution in [0, 0.1) is 0 Å². The Kier molecular flexibility index (Phi) is 5.81. The average Bonchev–Trinajstić information content (AvgIpc) is 3.11. The first-order valence-electron chi connectivity index (χ1n) is 10.2. The van der Waals surface area contributed by atoms with E-state index < -0.39 is 22.7 Å². The summed E-state index contributed by atoms with van der Waals surface area (Å²) >= 11 is 5.96. The molecular formula is C21H23ClF3N3O2. The van der Waals surface area contributed by atoms with Crippen LogP contribution in [0.3, 0.4) is 0 Å². The van der Waals surface area contributed by atoms with Gasteiger partial charge in [-0.2, -0.15) is 18.3 Å². The van der Waals surface area contributed by atoms with E-state index >= 15 is 0 Å². The highest BCUT2D eigenvalue weighted by Gasteiger charge is 2.36. The second-order valence-electron chi connectivity index (χ2n) is 7.63. The Morgan fingerprint density at radius 1 is 1.33 bits per heavy atom. The molecule has 4 rings (SSSR count). The number of aromatic nitrogens is 2. The standard InChI is InChI=1S/C21H23ClF3N3O2/c1-2-17-13-9-10-27(12-16(13)26-28(17)18-8-3-4-11-30-18)20(29)14-6-5-7-15(19(14)22)21(23,24)25/h5-7,18H,2-4,8-12H2,1H3. The van der Waals surface area contributed by atoms with Crippen LogP contribution in [0.1, 0.15) is 65.3 Å². The summed E-state index contributed by atoms with van der Waals surface area (Å²) in [7, 11) is 0. The van der Waals surface area contributed by atoms with Gasteiger partial charge in [-0.1, -0.05) is 24.6 Å².